The maximum Gasteiger partial charge on any atom is 0.276 e. The molecule has 20 heavy (non-hydrogen) atoms. The van der Waals surface area contributed by atoms with Crippen molar-refractivity contribution >= 4 is 5.91 Å². The molecule has 5 nitrogen and oxygen atoms in total. The highest BCUT2D eigenvalue weighted by Crippen LogP contribution is 2.40. The molecule has 3 aliphatic rings. The van der Waals surface area contributed by atoms with E-state index >= 15 is 0 Å². The van der Waals surface area contributed by atoms with Gasteiger partial charge in [0.2, 0.25) is 0 Å². The number of hydrogen-bond acceptors (Lipinski definition) is 4. The van der Waals surface area contributed by atoms with Crippen LogP contribution in [0, 0.1) is 5.92 Å². The van der Waals surface area contributed by atoms with Crippen molar-refractivity contribution in [1.29, 1.82) is 0 Å². The third kappa shape index (κ3) is 2.14. The Morgan fingerprint density at radius 2 is 2.25 bits per heavy atom. The summed E-state index contributed by atoms with van der Waals surface area (Å²) in [7, 11) is 0. The number of carbonyl (C=O) groups excluding carboxylic acids is 1. The van der Waals surface area contributed by atoms with Crippen molar-refractivity contribution in [2.24, 2.45) is 5.92 Å². The van der Waals surface area contributed by atoms with Gasteiger partial charge in [-0.05, 0) is 38.5 Å². The van der Waals surface area contributed by atoms with E-state index in [1.165, 1.54) is 0 Å². The number of fused-ring (bicyclic) bond motifs is 1. The van der Waals surface area contributed by atoms with E-state index in [-0.39, 0.29) is 12.0 Å². The summed E-state index contributed by atoms with van der Waals surface area (Å²) >= 11 is 0. The van der Waals surface area contributed by atoms with Gasteiger partial charge in [0.25, 0.3) is 5.91 Å². The molecule has 2 aliphatic heterocycles. The second kappa shape index (κ2) is 4.58. The van der Waals surface area contributed by atoms with E-state index in [0.717, 1.165) is 38.0 Å². The molecule has 1 aromatic heterocycles. The molecule has 0 bridgehead atoms. The molecule has 3 heterocycles. The SMILES string of the molecule is C[C@@H]1C[C@@H]2CCN(C(=O)c3cc(C4CC4)on3)C[C@H]2O1. The largest absolute Gasteiger partial charge is 0.373 e. The highest BCUT2D eigenvalue weighted by molar-refractivity contribution is 5.92. The number of nitrogens with zero attached hydrogens (tertiary/aromatic N) is 2. The first-order valence-electron chi connectivity index (χ1n) is 7.62. The zero-order valence-electron chi connectivity index (χ0n) is 11.7. The lowest BCUT2D eigenvalue weighted by molar-refractivity contribution is 0.00126. The van der Waals surface area contributed by atoms with Crippen molar-refractivity contribution in [2.45, 2.75) is 50.7 Å². The van der Waals surface area contributed by atoms with E-state index in [0.29, 0.717) is 30.2 Å². The molecule has 108 valence electrons. The summed E-state index contributed by atoms with van der Waals surface area (Å²) in [5.74, 6) is 1.97. The van der Waals surface area contributed by atoms with E-state index in [1.54, 1.807) is 0 Å². The zero-order valence-corrected chi connectivity index (χ0v) is 11.7. The summed E-state index contributed by atoms with van der Waals surface area (Å²) < 4.78 is 11.2. The van der Waals surface area contributed by atoms with Gasteiger partial charge >= 0.3 is 0 Å². The van der Waals surface area contributed by atoms with Crippen molar-refractivity contribution in [1.82, 2.24) is 10.1 Å². The molecule has 1 aliphatic carbocycles. The summed E-state index contributed by atoms with van der Waals surface area (Å²) in [5, 5.41) is 3.95. The molecule has 4 rings (SSSR count). The van der Waals surface area contributed by atoms with E-state index in [2.05, 4.69) is 12.1 Å². The lowest BCUT2D eigenvalue weighted by Crippen LogP contribution is -2.45. The smallest absolute Gasteiger partial charge is 0.276 e. The van der Waals surface area contributed by atoms with Crippen LogP contribution in [0.3, 0.4) is 0 Å². The Balaban J connectivity index is 1.45. The summed E-state index contributed by atoms with van der Waals surface area (Å²) in [6.07, 6.45) is 5.01. The van der Waals surface area contributed by atoms with E-state index < -0.39 is 0 Å². The van der Waals surface area contributed by atoms with Crippen LogP contribution in [0.25, 0.3) is 0 Å². The Morgan fingerprint density at radius 3 is 3.05 bits per heavy atom. The zero-order chi connectivity index (χ0) is 13.7. The monoisotopic (exact) mass is 276 g/mol. The maximum atomic E-state index is 12.5. The molecule has 2 saturated heterocycles. The first-order chi connectivity index (χ1) is 9.70. The molecule has 5 heteroatoms. The number of rotatable bonds is 2. The third-order valence-electron chi connectivity index (χ3n) is 4.75. The van der Waals surface area contributed by atoms with Gasteiger partial charge < -0.3 is 14.2 Å². The number of amides is 1. The molecule has 3 fully saturated rings. The van der Waals surface area contributed by atoms with Gasteiger partial charge in [0.05, 0.1) is 12.2 Å². The second-order valence-corrected chi connectivity index (χ2v) is 6.41. The summed E-state index contributed by atoms with van der Waals surface area (Å²) in [6.45, 7) is 3.62. The van der Waals surface area contributed by atoms with E-state index in [4.69, 9.17) is 9.26 Å². The van der Waals surface area contributed by atoms with Crippen LogP contribution in [-0.4, -0.2) is 41.3 Å². The molecule has 1 amide bonds. The Hall–Kier alpha value is -1.36. The van der Waals surface area contributed by atoms with Crippen LogP contribution in [0.2, 0.25) is 0 Å². The van der Waals surface area contributed by atoms with Crippen LogP contribution in [-0.2, 0) is 4.74 Å². The molecular weight excluding hydrogens is 256 g/mol. The summed E-state index contributed by atoms with van der Waals surface area (Å²) in [6, 6.07) is 1.82. The quantitative estimate of drug-likeness (QED) is 0.831. The van der Waals surface area contributed by atoms with Crippen LogP contribution < -0.4 is 0 Å². The van der Waals surface area contributed by atoms with Crippen molar-refractivity contribution < 1.29 is 14.1 Å². The van der Waals surface area contributed by atoms with Crippen molar-refractivity contribution in [3.8, 4) is 0 Å². The average Bonchev–Trinajstić information content (AvgIpc) is 3.05. The second-order valence-electron chi connectivity index (χ2n) is 6.41. The van der Waals surface area contributed by atoms with Crippen molar-refractivity contribution in [3.63, 3.8) is 0 Å². The molecule has 1 saturated carbocycles. The van der Waals surface area contributed by atoms with Gasteiger partial charge in [-0.2, -0.15) is 0 Å². The Bertz CT molecular complexity index is 523. The lowest BCUT2D eigenvalue weighted by atomic mass is 9.92. The van der Waals surface area contributed by atoms with Gasteiger partial charge in [-0.25, -0.2) is 0 Å². The minimum Gasteiger partial charge on any atom is -0.373 e. The minimum atomic E-state index is -0.0118. The van der Waals surface area contributed by atoms with Gasteiger partial charge in [0, 0.05) is 25.1 Å². The number of ether oxygens (including phenoxy) is 1. The van der Waals surface area contributed by atoms with Crippen LogP contribution in [0.5, 0.6) is 0 Å². The molecular formula is C15H20N2O3. The van der Waals surface area contributed by atoms with Gasteiger partial charge in [0.15, 0.2) is 5.69 Å². The average molecular weight is 276 g/mol. The standard InChI is InChI=1S/C15H20N2O3/c1-9-6-11-4-5-17(8-14(11)19-9)15(18)12-7-13(20-16-12)10-2-3-10/h7,9-11,14H,2-6,8H2,1H3/t9-,11+,14-/m1/s1. The molecule has 0 radical (unpaired) electrons. The van der Waals surface area contributed by atoms with Crippen molar-refractivity contribution in [2.75, 3.05) is 13.1 Å². The number of carbonyl (C=O) groups is 1. The first-order valence-corrected chi connectivity index (χ1v) is 7.62. The van der Waals surface area contributed by atoms with Gasteiger partial charge in [-0.1, -0.05) is 5.16 Å². The maximum absolute atomic E-state index is 12.5. The topological polar surface area (TPSA) is 55.6 Å². The lowest BCUT2D eigenvalue weighted by Gasteiger charge is -2.33. The normalized spacial score (nSPS) is 33.2. The van der Waals surface area contributed by atoms with Crippen LogP contribution in [0.1, 0.15) is 54.8 Å². The van der Waals surface area contributed by atoms with Gasteiger partial charge in [0.1, 0.15) is 5.76 Å². The molecule has 0 N–H and O–H groups in total. The summed E-state index contributed by atoms with van der Waals surface area (Å²) in [5.41, 5.74) is 0.455. The summed E-state index contributed by atoms with van der Waals surface area (Å²) in [4.78, 5) is 14.3. The highest BCUT2D eigenvalue weighted by atomic mass is 16.5. The van der Waals surface area contributed by atoms with Crippen molar-refractivity contribution in [3.05, 3.63) is 17.5 Å². The fraction of sp³-hybridized carbons (Fsp3) is 0.733. The Morgan fingerprint density at radius 1 is 1.40 bits per heavy atom. The van der Waals surface area contributed by atoms with Crippen LogP contribution in [0.15, 0.2) is 10.6 Å². The predicted molar refractivity (Wildman–Crippen MR) is 71.4 cm³/mol. The Labute approximate surface area is 118 Å². The van der Waals surface area contributed by atoms with Gasteiger partial charge in [-0.15, -0.1) is 0 Å². The minimum absolute atomic E-state index is 0.0118. The highest BCUT2D eigenvalue weighted by Gasteiger charge is 2.39. The first kappa shape index (κ1) is 12.4. The fourth-order valence-electron chi connectivity index (χ4n) is 3.47. The molecule has 0 spiro atoms. The number of hydrogen-bond donors (Lipinski definition) is 0. The van der Waals surface area contributed by atoms with E-state index in [1.807, 2.05) is 11.0 Å². The molecule has 3 atom stereocenters. The molecule has 0 aromatic carbocycles. The Kier molecular flexibility index (Phi) is 2.84. The predicted octanol–water partition coefficient (Wildman–Crippen LogP) is 2.19. The van der Waals surface area contributed by atoms with Crippen LogP contribution in [0.4, 0.5) is 0 Å². The number of likely N-dealkylation sites (tertiary alicyclic amines) is 1. The number of aromatic nitrogens is 1. The number of piperidine rings is 1. The molecule has 1 aromatic rings. The van der Waals surface area contributed by atoms with Crippen LogP contribution >= 0.6 is 0 Å². The fourth-order valence-corrected chi connectivity index (χ4v) is 3.47. The van der Waals surface area contributed by atoms with E-state index in [9.17, 15) is 4.79 Å². The third-order valence-corrected chi connectivity index (χ3v) is 4.75. The van der Waals surface area contributed by atoms with Gasteiger partial charge in [-0.3, -0.25) is 4.79 Å². The molecule has 0 unspecified atom stereocenters.